The number of nitrogens with zero attached hydrogens (tertiary/aromatic N) is 2. The maximum atomic E-state index is 14.2. The molecule has 2 aliphatic heterocycles. The van der Waals surface area contributed by atoms with Crippen LogP contribution in [0.5, 0.6) is 17.4 Å². The molecule has 2 aliphatic rings. The summed E-state index contributed by atoms with van der Waals surface area (Å²) in [4.78, 5) is 4.52. The van der Waals surface area contributed by atoms with E-state index in [0.717, 1.165) is 5.69 Å². The molecule has 0 aliphatic carbocycles. The molecule has 0 saturated carbocycles. The lowest BCUT2D eigenvalue weighted by Gasteiger charge is -2.34. The Labute approximate surface area is 198 Å². The van der Waals surface area contributed by atoms with Crippen LogP contribution in [-0.4, -0.2) is 44.6 Å². The lowest BCUT2D eigenvalue weighted by molar-refractivity contribution is 0.134. The highest BCUT2D eigenvalue weighted by atomic mass is 32.2. The number of aryl methyl sites for hydroxylation is 1. The van der Waals surface area contributed by atoms with Gasteiger partial charge in [-0.25, -0.2) is 17.8 Å². The largest absolute Gasteiger partial charge is 0.497 e. The summed E-state index contributed by atoms with van der Waals surface area (Å²) in [6.45, 7) is 2.67. The van der Waals surface area contributed by atoms with Gasteiger partial charge in [-0.15, -0.1) is 0 Å². The lowest BCUT2D eigenvalue weighted by Crippen LogP contribution is -2.35. The van der Waals surface area contributed by atoms with Crippen molar-refractivity contribution in [2.75, 3.05) is 26.9 Å². The average molecular weight is 485 g/mol. The number of fused-ring (bicyclic) bond motifs is 3. The van der Waals surface area contributed by atoms with E-state index >= 15 is 0 Å². The van der Waals surface area contributed by atoms with Crippen molar-refractivity contribution in [2.45, 2.75) is 17.9 Å². The highest BCUT2D eigenvalue weighted by Crippen LogP contribution is 2.49. The minimum absolute atomic E-state index is 0.151. The van der Waals surface area contributed by atoms with Gasteiger partial charge in [0.25, 0.3) is 0 Å². The Morgan fingerprint density at radius 1 is 1.15 bits per heavy atom. The summed E-state index contributed by atoms with van der Waals surface area (Å²) < 4.78 is 60.2. The van der Waals surface area contributed by atoms with Crippen LogP contribution in [0.1, 0.15) is 17.3 Å². The van der Waals surface area contributed by atoms with Crippen LogP contribution in [-0.2, 0) is 10.0 Å². The van der Waals surface area contributed by atoms with Gasteiger partial charge in [0.2, 0.25) is 15.9 Å². The maximum Gasteiger partial charge on any atom is 0.243 e. The molecule has 1 aromatic heterocycles. The van der Waals surface area contributed by atoms with Crippen molar-refractivity contribution < 1.29 is 27.0 Å². The Balaban J connectivity index is 1.50. The molecule has 7 nitrogen and oxygen atoms in total. The van der Waals surface area contributed by atoms with Gasteiger partial charge >= 0.3 is 0 Å². The number of rotatable bonds is 6. The van der Waals surface area contributed by atoms with Crippen molar-refractivity contribution in [3.05, 3.63) is 77.7 Å². The fraction of sp³-hybridized carbons (Fsp3) is 0.320. The predicted molar refractivity (Wildman–Crippen MR) is 123 cm³/mol. The van der Waals surface area contributed by atoms with E-state index in [1.165, 1.54) is 35.7 Å². The summed E-state index contributed by atoms with van der Waals surface area (Å²) in [5.74, 6) is 0.738. The quantitative estimate of drug-likeness (QED) is 0.527. The number of benzene rings is 2. The van der Waals surface area contributed by atoms with Gasteiger partial charge in [-0.05, 0) is 55.5 Å². The molecule has 3 heterocycles. The fourth-order valence-electron chi connectivity index (χ4n) is 4.73. The molecule has 2 aromatic carbocycles. The summed E-state index contributed by atoms with van der Waals surface area (Å²) in [6.07, 6.45) is 0. The van der Waals surface area contributed by atoms with E-state index in [2.05, 4.69) is 4.98 Å². The van der Waals surface area contributed by atoms with Crippen molar-refractivity contribution in [2.24, 2.45) is 11.8 Å². The highest BCUT2D eigenvalue weighted by Gasteiger charge is 2.51. The summed E-state index contributed by atoms with van der Waals surface area (Å²) in [6, 6.07) is 15.5. The van der Waals surface area contributed by atoms with Crippen LogP contribution in [0.25, 0.3) is 0 Å². The third-order valence-corrected chi connectivity index (χ3v) is 8.29. The average Bonchev–Trinajstić information content (AvgIpc) is 3.23. The number of methoxy groups -OCH3 is 1. The molecule has 3 aromatic rings. The summed E-state index contributed by atoms with van der Waals surface area (Å²) in [5, 5.41) is 0. The van der Waals surface area contributed by atoms with Crippen LogP contribution in [0.3, 0.4) is 0 Å². The molecular weight excluding hydrogens is 459 g/mol. The standard InChI is InChI=1S/C25H25FN2O5S/c1-16-4-3-5-24(27-16)33-14-17-13-28(34(29,30)20-9-7-19(31-2)8-10-20)25-21-12-18(26)6-11-23(21)32-15-22(17)25/h3-12,17,22,25H,13-15H2,1-2H3/t17-,22-,25-/m0/s1. The number of halogens is 1. The number of hydrogen-bond acceptors (Lipinski definition) is 6. The summed E-state index contributed by atoms with van der Waals surface area (Å²) in [5.41, 5.74) is 1.36. The second kappa shape index (κ2) is 8.88. The lowest BCUT2D eigenvalue weighted by atomic mass is 9.86. The first-order chi connectivity index (χ1) is 16.4. The third kappa shape index (κ3) is 4.10. The zero-order valence-corrected chi connectivity index (χ0v) is 19.7. The molecule has 0 unspecified atom stereocenters. The van der Waals surface area contributed by atoms with Gasteiger partial charge in [0.1, 0.15) is 17.3 Å². The van der Waals surface area contributed by atoms with Gasteiger partial charge < -0.3 is 14.2 Å². The number of sulfonamides is 1. The molecule has 0 N–H and O–H groups in total. The van der Waals surface area contributed by atoms with E-state index in [9.17, 15) is 12.8 Å². The minimum Gasteiger partial charge on any atom is -0.497 e. The summed E-state index contributed by atoms with van der Waals surface area (Å²) in [7, 11) is -2.36. The van der Waals surface area contributed by atoms with Crippen LogP contribution >= 0.6 is 0 Å². The van der Waals surface area contributed by atoms with E-state index in [4.69, 9.17) is 14.2 Å². The SMILES string of the molecule is COc1ccc(S(=O)(=O)N2C[C@@H](COc3cccc(C)n3)[C@@H]3COc4ccc(F)cc4[C@@H]32)cc1. The second-order valence-corrected chi connectivity index (χ2v) is 10.4. The van der Waals surface area contributed by atoms with Crippen LogP contribution < -0.4 is 14.2 Å². The van der Waals surface area contributed by atoms with Crippen molar-refractivity contribution in [3.8, 4) is 17.4 Å². The monoisotopic (exact) mass is 484 g/mol. The molecule has 5 rings (SSSR count). The normalized spacial score (nSPS) is 21.9. The first-order valence-corrected chi connectivity index (χ1v) is 12.5. The van der Waals surface area contributed by atoms with Crippen LogP contribution in [0.15, 0.2) is 65.6 Å². The molecule has 178 valence electrons. The van der Waals surface area contributed by atoms with Crippen LogP contribution in [0.2, 0.25) is 0 Å². The Morgan fingerprint density at radius 3 is 2.68 bits per heavy atom. The van der Waals surface area contributed by atoms with Crippen molar-refractivity contribution in [1.29, 1.82) is 0 Å². The second-order valence-electron chi connectivity index (χ2n) is 8.54. The third-order valence-electron chi connectivity index (χ3n) is 6.43. The molecular formula is C25H25FN2O5S. The van der Waals surface area contributed by atoms with Gasteiger partial charge in [0, 0.05) is 35.7 Å². The molecule has 0 spiro atoms. The molecule has 0 radical (unpaired) electrons. The van der Waals surface area contributed by atoms with Crippen molar-refractivity contribution >= 4 is 10.0 Å². The van der Waals surface area contributed by atoms with Gasteiger partial charge in [0.15, 0.2) is 0 Å². The van der Waals surface area contributed by atoms with Gasteiger partial charge in [-0.1, -0.05) is 6.07 Å². The Bertz CT molecular complexity index is 1300. The van der Waals surface area contributed by atoms with E-state index < -0.39 is 21.9 Å². The van der Waals surface area contributed by atoms with Gasteiger partial charge in [0.05, 0.1) is 31.3 Å². The topological polar surface area (TPSA) is 78.0 Å². The smallest absolute Gasteiger partial charge is 0.243 e. The Kier molecular flexibility index (Phi) is 5.91. The minimum atomic E-state index is -3.88. The van der Waals surface area contributed by atoms with E-state index in [1.54, 1.807) is 24.3 Å². The van der Waals surface area contributed by atoms with Crippen molar-refractivity contribution in [3.63, 3.8) is 0 Å². The summed E-state index contributed by atoms with van der Waals surface area (Å²) >= 11 is 0. The van der Waals surface area contributed by atoms with Crippen LogP contribution in [0, 0.1) is 24.6 Å². The molecule has 0 amide bonds. The van der Waals surface area contributed by atoms with Gasteiger partial charge in [-0.2, -0.15) is 4.31 Å². The highest BCUT2D eigenvalue weighted by molar-refractivity contribution is 7.89. The fourth-order valence-corrected chi connectivity index (χ4v) is 6.44. The molecule has 9 heteroatoms. The number of aromatic nitrogens is 1. The number of hydrogen-bond donors (Lipinski definition) is 0. The predicted octanol–water partition coefficient (Wildman–Crippen LogP) is 3.99. The number of pyridine rings is 1. The van der Waals surface area contributed by atoms with E-state index in [-0.39, 0.29) is 29.9 Å². The van der Waals surface area contributed by atoms with Gasteiger partial charge in [-0.3, -0.25) is 0 Å². The molecule has 1 fully saturated rings. The molecule has 34 heavy (non-hydrogen) atoms. The van der Waals surface area contributed by atoms with E-state index in [1.807, 2.05) is 19.1 Å². The first kappa shape index (κ1) is 22.6. The zero-order chi connectivity index (χ0) is 23.9. The maximum absolute atomic E-state index is 14.2. The molecule has 3 atom stereocenters. The molecule has 1 saturated heterocycles. The molecule has 0 bridgehead atoms. The zero-order valence-electron chi connectivity index (χ0n) is 18.8. The Hall–Kier alpha value is -3.17. The first-order valence-electron chi connectivity index (χ1n) is 11.0. The van der Waals surface area contributed by atoms with Crippen LogP contribution in [0.4, 0.5) is 4.39 Å². The van der Waals surface area contributed by atoms with E-state index in [0.29, 0.717) is 29.5 Å². The Morgan fingerprint density at radius 2 is 1.94 bits per heavy atom. The van der Waals surface area contributed by atoms with Crippen molar-refractivity contribution in [1.82, 2.24) is 9.29 Å². The number of ether oxygens (including phenoxy) is 3.